The van der Waals surface area contributed by atoms with Crippen LogP contribution < -0.4 is 11.3 Å². The Labute approximate surface area is 123 Å². The molecule has 8 heteroatoms. The molecular formula is C13H20BN3O4. The van der Waals surface area contributed by atoms with Crippen molar-refractivity contribution in [3.8, 4) is 5.88 Å². The highest BCUT2D eigenvalue weighted by Crippen LogP contribution is 2.38. The van der Waals surface area contributed by atoms with Gasteiger partial charge in [0.15, 0.2) is 0 Å². The highest BCUT2D eigenvalue weighted by Gasteiger charge is 2.52. The summed E-state index contributed by atoms with van der Waals surface area (Å²) in [5.41, 5.74) is 4.86. The summed E-state index contributed by atoms with van der Waals surface area (Å²) in [6, 6.07) is 0. The van der Waals surface area contributed by atoms with Gasteiger partial charge in [0, 0.05) is 6.54 Å². The molecule has 2 heterocycles. The summed E-state index contributed by atoms with van der Waals surface area (Å²) in [5.74, 6) is -0.360. The number of rotatable bonds is 3. The zero-order chi connectivity index (χ0) is 15.8. The number of aromatic hydroxyl groups is 1. The summed E-state index contributed by atoms with van der Waals surface area (Å²) in [5, 5.41) is 9.69. The van der Waals surface area contributed by atoms with Crippen molar-refractivity contribution < 1.29 is 14.4 Å². The third-order valence-electron chi connectivity index (χ3n) is 3.99. The molecule has 0 atom stereocenters. The first kappa shape index (κ1) is 15.7. The molecule has 1 aromatic heterocycles. The van der Waals surface area contributed by atoms with Crippen molar-refractivity contribution in [3.05, 3.63) is 27.7 Å². The van der Waals surface area contributed by atoms with E-state index in [4.69, 9.17) is 15.0 Å². The highest BCUT2D eigenvalue weighted by atomic mass is 16.7. The topological polar surface area (TPSA) is 110 Å². The van der Waals surface area contributed by atoms with E-state index in [1.54, 1.807) is 0 Å². The Morgan fingerprint density at radius 1 is 1.43 bits per heavy atom. The Bertz CT molecular complexity index is 608. The predicted molar refractivity (Wildman–Crippen MR) is 79.6 cm³/mol. The monoisotopic (exact) mass is 293 g/mol. The van der Waals surface area contributed by atoms with Gasteiger partial charge in [-0.1, -0.05) is 0 Å². The van der Waals surface area contributed by atoms with Gasteiger partial charge in [-0.3, -0.25) is 4.79 Å². The first-order valence-corrected chi connectivity index (χ1v) is 6.71. The number of hydrogen-bond donors (Lipinski definition) is 3. The molecule has 1 saturated heterocycles. The Balaban J connectivity index is 2.38. The average molecular weight is 293 g/mol. The summed E-state index contributed by atoms with van der Waals surface area (Å²) in [6.45, 7) is 7.83. The van der Waals surface area contributed by atoms with E-state index in [1.165, 1.54) is 6.08 Å². The van der Waals surface area contributed by atoms with Crippen molar-refractivity contribution in [1.29, 1.82) is 0 Å². The molecule has 1 fully saturated rings. The molecule has 1 aromatic rings. The molecule has 0 aromatic carbocycles. The van der Waals surface area contributed by atoms with E-state index in [1.807, 2.05) is 27.7 Å². The smallest absolute Gasteiger partial charge is 0.491 e. The first-order chi connectivity index (χ1) is 9.68. The number of aromatic amines is 1. The first-order valence-electron chi connectivity index (χ1n) is 6.71. The van der Waals surface area contributed by atoms with Crippen molar-refractivity contribution in [1.82, 2.24) is 9.97 Å². The molecule has 2 rings (SSSR count). The van der Waals surface area contributed by atoms with E-state index in [2.05, 4.69) is 9.97 Å². The number of hydrogen-bond acceptors (Lipinski definition) is 6. The fourth-order valence-electron chi connectivity index (χ4n) is 1.93. The molecule has 1 aliphatic heterocycles. The largest absolute Gasteiger partial charge is 0.493 e. The van der Waals surface area contributed by atoms with Crippen LogP contribution >= 0.6 is 0 Å². The van der Waals surface area contributed by atoms with Crippen molar-refractivity contribution >= 4 is 13.2 Å². The van der Waals surface area contributed by atoms with Gasteiger partial charge in [0.1, 0.15) is 5.56 Å². The molecule has 0 unspecified atom stereocenters. The summed E-state index contributed by atoms with van der Waals surface area (Å²) in [4.78, 5) is 17.8. The van der Waals surface area contributed by atoms with Crippen LogP contribution in [0, 0.1) is 0 Å². The molecule has 114 valence electrons. The maximum Gasteiger partial charge on any atom is 0.491 e. The summed E-state index contributed by atoms with van der Waals surface area (Å²) >= 11 is 0. The van der Waals surface area contributed by atoms with Gasteiger partial charge in [0.05, 0.1) is 17.5 Å². The maximum absolute atomic E-state index is 11.7. The van der Waals surface area contributed by atoms with Gasteiger partial charge in [-0.15, -0.1) is 0 Å². The molecule has 4 N–H and O–H groups in total. The molecule has 0 aliphatic carbocycles. The lowest BCUT2D eigenvalue weighted by Crippen LogP contribution is -2.41. The third-order valence-corrected chi connectivity index (χ3v) is 3.99. The predicted octanol–water partition coefficient (Wildman–Crippen LogP) is 0.449. The van der Waals surface area contributed by atoms with Gasteiger partial charge < -0.3 is 25.1 Å². The zero-order valence-electron chi connectivity index (χ0n) is 12.6. The third kappa shape index (κ3) is 2.87. The van der Waals surface area contributed by atoms with Crippen LogP contribution in [0.1, 0.15) is 33.3 Å². The summed E-state index contributed by atoms with van der Waals surface area (Å²) in [7, 11) is -0.668. The van der Waals surface area contributed by atoms with Gasteiger partial charge in [0.25, 0.3) is 5.56 Å². The van der Waals surface area contributed by atoms with E-state index in [0.717, 1.165) is 6.33 Å². The Morgan fingerprint density at radius 3 is 2.48 bits per heavy atom. The minimum Gasteiger partial charge on any atom is -0.493 e. The fraction of sp³-hybridized carbons (Fsp3) is 0.538. The van der Waals surface area contributed by atoms with Crippen LogP contribution in [-0.4, -0.2) is 39.9 Å². The second-order valence-corrected chi connectivity index (χ2v) is 5.98. The highest BCUT2D eigenvalue weighted by molar-refractivity contribution is 6.55. The number of nitrogens with one attached hydrogen (secondary N) is 1. The molecule has 7 nitrogen and oxygen atoms in total. The normalized spacial score (nSPS) is 20.8. The second kappa shape index (κ2) is 5.29. The Morgan fingerprint density at radius 2 is 2.00 bits per heavy atom. The van der Waals surface area contributed by atoms with E-state index >= 15 is 0 Å². The van der Waals surface area contributed by atoms with Crippen LogP contribution in [0.2, 0.25) is 0 Å². The van der Waals surface area contributed by atoms with Crippen molar-refractivity contribution in [2.45, 2.75) is 38.9 Å². The van der Waals surface area contributed by atoms with Gasteiger partial charge in [0.2, 0.25) is 5.88 Å². The molecule has 1 aliphatic rings. The van der Waals surface area contributed by atoms with Gasteiger partial charge in [-0.25, -0.2) is 4.98 Å². The van der Waals surface area contributed by atoms with Crippen LogP contribution in [0.15, 0.2) is 16.6 Å². The van der Waals surface area contributed by atoms with Crippen LogP contribution in [0.3, 0.4) is 0 Å². The van der Waals surface area contributed by atoms with Crippen LogP contribution in [0.25, 0.3) is 6.08 Å². The Hall–Kier alpha value is -1.64. The standard InChI is InChI=1S/C13H20BN3O4/c1-12(2)13(3,4)21-14(20-12)8(6-15)5-9-10(18)16-7-17-11(9)19/h5,7H,6,15H2,1-4H3,(H2,16,17,18,19). The lowest BCUT2D eigenvalue weighted by molar-refractivity contribution is 0.00578. The molecule has 0 bridgehead atoms. The van der Waals surface area contributed by atoms with E-state index in [9.17, 15) is 9.90 Å². The second-order valence-electron chi connectivity index (χ2n) is 5.98. The Kier molecular flexibility index (Phi) is 3.96. The minimum atomic E-state index is -0.668. The summed E-state index contributed by atoms with van der Waals surface area (Å²) < 4.78 is 11.8. The average Bonchev–Trinajstić information content (AvgIpc) is 2.58. The van der Waals surface area contributed by atoms with Crippen LogP contribution in [0.4, 0.5) is 0 Å². The van der Waals surface area contributed by atoms with Crippen LogP contribution in [-0.2, 0) is 9.31 Å². The van der Waals surface area contributed by atoms with Crippen molar-refractivity contribution in [3.63, 3.8) is 0 Å². The lowest BCUT2D eigenvalue weighted by atomic mass is 9.77. The maximum atomic E-state index is 11.7. The molecule has 0 spiro atoms. The van der Waals surface area contributed by atoms with Crippen LogP contribution in [0.5, 0.6) is 5.88 Å². The SMILES string of the molecule is CC1(C)OB(C(=Cc2c(O)nc[nH]c2=O)CN)OC1(C)C. The number of aromatic nitrogens is 2. The fourth-order valence-corrected chi connectivity index (χ4v) is 1.93. The quantitative estimate of drug-likeness (QED) is 0.698. The molecule has 0 saturated carbocycles. The number of nitrogens with two attached hydrogens (primary N) is 1. The molecule has 0 radical (unpaired) electrons. The molecular weight excluding hydrogens is 273 g/mol. The van der Waals surface area contributed by atoms with E-state index < -0.39 is 23.9 Å². The van der Waals surface area contributed by atoms with Crippen molar-refractivity contribution in [2.75, 3.05) is 6.54 Å². The number of H-pyrrole nitrogens is 1. The lowest BCUT2D eigenvalue weighted by Gasteiger charge is -2.32. The zero-order valence-corrected chi connectivity index (χ0v) is 12.6. The molecule has 0 amide bonds. The number of nitrogens with zero attached hydrogens (tertiary/aromatic N) is 1. The van der Waals surface area contributed by atoms with Gasteiger partial charge in [-0.2, -0.15) is 0 Å². The minimum absolute atomic E-state index is 0.0349. The van der Waals surface area contributed by atoms with Gasteiger partial charge >= 0.3 is 7.12 Å². The van der Waals surface area contributed by atoms with Gasteiger partial charge in [-0.05, 0) is 39.2 Å². The van der Waals surface area contributed by atoms with E-state index in [0.29, 0.717) is 5.47 Å². The summed E-state index contributed by atoms with van der Waals surface area (Å²) in [6.07, 6.45) is 2.59. The van der Waals surface area contributed by atoms with Crippen molar-refractivity contribution in [2.24, 2.45) is 5.73 Å². The van der Waals surface area contributed by atoms with E-state index in [-0.39, 0.29) is 18.0 Å². The molecule has 21 heavy (non-hydrogen) atoms.